The van der Waals surface area contributed by atoms with E-state index >= 15 is 0 Å². The molecule has 1 heterocycles. The Morgan fingerprint density at radius 1 is 1.10 bits per heavy atom. The quantitative estimate of drug-likeness (QED) is 0.745. The Kier molecular flexibility index (Phi) is 6.75. The van der Waals surface area contributed by atoms with Crippen LogP contribution >= 0.6 is 0 Å². The van der Waals surface area contributed by atoms with Gasteiger partial charge in [-0.1, -0.05) is 25.1 Å². The number of aryl methyl sites for hydroxylation is 1. The summed E-state index contributed by atoms with van der Waals surface area (Å²) in [6.45, 7) is 3.01. The number of hydrogen-bond donors (Lipinski definition) is 1. The third-order valence-corrected chi connectivity index (χ3v) is 5.29. The lowest BCUT2D eigenvalue weighted by molar-refractivity contribution is -0.126. The van der Waals surface area contributed by atoms with Crippen LogP contribution in [0.4, 0.5) is 5.69 Å². The summed E-state index contributed by atoms with van der Waals surface area (Å²) in [5, 5.41) is 2.96. The van der Waals surface area contributed by atoms with E-state index in [1.807, 2.05) is 42.5 Å². The summed E-state index contributed by atoms with van der Waals surface area (Å²) in [7, 11) is 3.20. The number of carbonyl (C=O) groups is 2. The highest BCUT2D eigenvalue weighted by Gasteiger charge is 2.35. The second-order valence-corrected chi connectivity index (χ2v) is 7.16. The zero-order valence-electron chi connectivity index (χ0n) is 17.2. The lowest BCUT2D eigenvalue weighted by atomic mass is 10.1. The molecule has 0 unspecified atom stereocenters. The summed E-state index contributed by atoms with van der Waals surface area (Å²) in [4.78, 5) is 26.7. The number of benzene rings is 2. The molecule has 0 bridgehead atoms. The molecule has 1 aliphatic rings. The molecule has 2 aromatic rings. The van der Waals surface area contributed by atoms with Crippen LogP contribution in [0.25, 0.3) is 0 Å². The van der Waals surface area contributed by atoms with Crippen LogP contribution in [0.2, 0.25) is 0 Å². The molecule has 1 atom stereocenters. The van der Waals surface area contributed by atoms with Gasteiger partial charge in [0.05, 0.1) is 20.1 Å². The monoisotopic (exact) mass is 396 g/mol. The molecule has 0 aliphatic carbocycles. The molecule has 1 saturated heterocycles. The molecule has 29 heavy (non-hydrogen) atoms. The summed E-state index contributed by atoms with van der Waals surface area (Å²) in [5.74, 6) is 0.948. The smallest absolute Gasteiger partial charge is 0.227 e. The number of nitrogens with one attached hydrogen (secondary N) is 1. The van der Waals surface area contributed by atoms with Gasteiger partial charge >= 0.3 is 0 Å². The van der Waals surface area contributed by atoms with Crippen molar-refractivity contribution in [3.63, 3.8) is 0 Å². The van der Waals surface area contributed by atoms with E-state index in [-0.39, 0.29) is 24.2 Å². The molecule has 0 spiro atoms. The number of nitrogens with zero attached hydrogens (tertiary/aromatic N) is 1. The molecule has 154 valence electrons. The predicted octanol–water partition coefficient (Wildman–Crippen LogP) is 2.98. The molecular formula is C23H28N2O4. The molecule has 6 heteroatoms. The van der Waals surface area contributed by atoms with Gasteiger partial charge in [0, 0.05) is 25.2 Å². The molecule has 2 aromatic carbocycles. The van der Waals surface area contributed by atoms with Gasteiger partial charge in [0.1, 0.15) is 0 Å². The topological polar surface area (TPSA) is 67.9 Å². The average molecular weight is 396 g/mol. The summed E-state index contributed by atoms with van der Waals surface area (Å²) in [6, 6.07) is 13.7. The van der Waals surface area contributed by atoms with Crippen molar-refractivity contribution in [3.8, 4) is 11.5 Å². The lowest BCUT2D eigenvalue weighted by Crippen LogP contribution is -2.34. The van der Waals surface area contributed by atoms with E-state index in [1.165, 1.54) is 5.56 Å². The van der Waals surface area contributed by atoms with Crippen molar-refractivity contribution in [1.82, 2.24) is 5.32 Å². The van der Waals surface area contributed by atoms with E-state index in [2.05, 4.69) is 12.2 Å². The van der Waals surface area contributed by atoms with Gasteiger partial charge in [-0.25, -0.2) is 0 Å². The van der Waals surface area contributed by atoms with Crippen LogP contribution < -0.4 is 19.7 Å². The minimum absolute atomic E-state index is 0.00158. The Balaban J connectivity index is 1.54. The van der Waals surface area contributed by atoms with E-state index in [4.69, 9.17) is 9.47 Å². The van der Waals surface area contributed by atoms with Crippen molar-refractivity contribution in [1.29, 1.82) is 0 Å². The minimum atomic E-state index is -0.321. The summed E-state index contributed by atoms with van der Waals surface area (Å²) in [6.07, 6.45) is 1.84. The first-order chi connectivity index (χ1) is 14.0. The van der Waals surface area contributed by atoms with E-state index < -0.39 is 0 Å². The minimum Gasteiger partial charge on any atom is -0.493 e. The van der Waals surface area contributed by atoms with Gasteiger partial charge in [-0.05, 0) is 48.2 Å². The van der Waals surface area contributed by atoms with Crippen LogP contribution in [0.3, 0.4) is 0 Å². The first-order valence-corrected chi connectivity index (χ1v) is 9.93. The summed E-state index contributed by atoms with van der Waals surface area (Å²) in [5.41, 5.74) is 3.09. The molecule has 1 N–H and O–H groups in total. The first-order valence-electron chi connectivity index (χ1n) is 9.93. The van der Waals surface area contributed by atoms with Crippen molar-refractivity contribution in [3.05, 3.63) is 53.6 Å². The summed E-state index contributed by atoms with van der Waals surface area (Å²) >= 11 is 0. The maximum absolute atomic E-state index is 12.6. The van der Waals surface area contributed by atoms with Crippen molar-refractivity contribution >= 4 is 17.5 Å². The molecular weight excluding hydrogens is 368 g/mol. The third kappa shape index (κ3) is 4.88. The standard InChI is InChI=1S/C23H28N2O4/c1-4-16-6-5-7-19(12-16)25-15-18(14-22(25)26)23(27)24-11-10-17-8-9-20(28-2)21(13-17)29-3/h5-9,12-13,18H,4,10-11,14-15H2,1-3H3,(H,24,27)/t18-/m1/s1. The zero-order chi connectivity index (χ0) is 20.8. The second kappa shape index (κ2) is 9.45. The fourth-order valence-electron chi connectivity index (χ4n) is 3.59. The van der Waals surface area contributed by atoms with Crippen LogP contribution in [-0.4, -0.2) is 39.1 Å². The Labute approximate surface area is 171 Å². The van der Waals surface area contributed by atoms with Crippen molar-refractivity contribution in [2.75, 3.05) is 32.2 Å². The number of carbonyl (C=O) groups excluding carboxylic acids is 2. The molecule has 6 nitrogen and oxygen atoms in total. The van der Waals surface area contributed by atoms with Gasteiger partial charge in [0.25, 0.3) is 0 Å². The fraction of sp³-hybridized carbons (Fsp3) is 0.391. The highest BCUT2D eigenvalue weighted by Crippen LogP contribution is 2.28. The van der Waals surface area contributed by atoms with Crippen LogP contribution in [-0.2, 0) is 22.4 Å². The fourth-order valence-corrected chi connectivity index (χ4v) is 3.59. The van der Waals surface area contributed by atoms with Gasteiger partial charge in [-0.2, -0.15) is 0 Å². The Morgan fingerprint density at radius 3 is 2.62 bits per heavy atom. The third-order valence-electron chi connectivity index (χ3n) is 5.29. The van der Waals surface area contributed by atoms with Crippen LogP contribution in [0.1, 0.15) is 24.5 Å². The van der Waals surface area contributed by atoms with Gasteiger partial charge in [-0.15, -0.1) is 0 Å². The van der Waals surface area contributed by atoms with Crippen LogP contribution in [0.15, 0.2) is 42.5 Å². The second-order valence-electron chi connectivity index (χ2n) is 7.16. The molecule has 3 rings (SSSR count). The van der Waals surface area contributed by atoms with Crippen molar-refractivity contribution in [2.24, 2.45) is 5.92 Å². The predicted molar refractivity (Wildman–Crippen MR) is 113 cm³/mol. The molecule has 0 saturated carbocycles. The van der Waals surface area contributed by atoms with Crippen LogP contribution in [0.5, 0.6) is 11.5 Å². The first kappa shape index (κ1) is 20.7. The number of methoxy groups -OCH3 is 2. The van der Waals surface area contributed by atoms with Gasteiger partial charge in [-0.3, -0.25) is 9.59 Å². The Hall–Kier alpha value is -3.02. The van der Waals surface area contributed by atoms with Crippen LogP contribution in [0, 0.1) is 5.92 Å². The van der Waals surface area contributed by atoms with Gasteiger partial charge < -0.3 is 19.7 Å². The zero-order valence-corrected chi connectivity index (χ0v) is 17.2. The highest BCUT2D eigenvalue weighted by atomic mass is 16.5. The molecule has 1 fully saturated rings. The molecule has 0 aromatic heterocycles. The molecule has 1 aliphatic heterocycles. The molecule has 2 amide bonds. The van der Waals surface area contributed by atoms with E-state index in [9.17, 15) is 9.59 Å². The number of amides is 2. The van der Waals surface area contributed by atoms with E-state index in [1.54, 1.807) is 19.1 Å². The average Bonchev–Trinajstić information content (AvgIpc) is 3.15. The number of ether oxygens (including phenoxy) is 2. The maximum atomic E-state index is 12.6. The number of hydrogen-bond acceptors (Lipinski definition) is 4. The van der Waals surface area contributed by atoms with Crippen molar-refractivity contribution in [2.45, 2.75) is 26.2 Å². The Bertz CT molecular complexity index is 881. The SMILES string of the molecule is CCc1cccc(N2C[C@H](C(=O)NCCc3ccc(OC)c(OC)c3)CC2=O)c1. The normalized spacial score (nSPS) is 16.0. The number of rotatable bonds is 8. The van der Waals surface area contributed by atoms with E-state index in [0.717, 1.165) is 17.7 Å². The highest BCUT2D eigenvalue weighted by molar-refractivity contribution is 6.00. The largest absolute Gasteiger partial charge is 0.493 e. The van der Waals surface area contributed by atoms with Crippen molar-refractivity contribution < 1.29 is 19.1 Å². The van der Waals surface area contributed by atoms with Gasteiger partial charge in [0.15, 0.2) is 11.5 Å². The summed E-state index contributed by atoms with van der Waals surface area (Å²) < 4.78 is 10.6. The lowest BCUT2D eigenvalue weighted by Gasteiger charge is -2.17. The number of anilines is 1. The van der Waals surface area contributed by atoms with Gasteiger partial charge in [0.2, 0.25) is 11.8 Å². The maximum Gasteiger partial charge on any atom is 0.227 e. The Morgan fingerprint density at radius 2 is 1.90 bits per heavy atom. The molecule has 0 radical (unpaired) electrons. The van der Waals surface area contributed by atoms with E-state index in [0.29, 0.717) is 31.0 Å².